The summed E-state index contributed by atoms with van der Waals surface area (Å²) in [6.07, 6.45) is 1.48. The van der Waals surface area contributed by atoms with Gasteiger partial charge in [0, 0.05) is 10.5 Å². The van der Waals surface area contributed by atoms with Crippen LogP contribution in [0, 0.1) is 12.1 Å². The highest BCUT2D eigenvalue weighted by atomic mass is 32.2. The number of aryl methyl sites for hydroxylation is 1. The summed E-state index contributed by atoms with van der Waals surface area (Å²) in [6.45, 7) is 2.05. The monoisotopic (exact) mass is 309 g/mol. The van der Waals surface area contributed by atoms with Crippen molar-refractivity contribution in [2.45, 2.75) is 17.6 Å². The van der Waals surface area contributed by atoms with E-state index in [2.05, 4.69) is 22.3 Å². The molecule has 0 N–H and O–H groups in total. The first-order valence-corrected chi connectivity index (χ1v) is 7.91. The molecule has 1 aromatic heterocycles. The molecule has 0 amide bonds. The summed E-state index contributed by atoms with van der Waals surface area (Å²) in [4.78, 5) is 1.11. The van der Waals surface area contributed by atoms with Crippen molar-refractivity contribution < 1.29 is 4.73 Å². The lowest BCUT2D eigenvalue weighted by atomic mass is 10.2. The lowest BCUT2D eigenvalue weighted by molar-refractivity contribution is -0.616. The number of thioether (sulfide) groups is 1. The van der Waals surface area contributed by atoms with Gasteiger partial charge in [-0.2, -0.15) is 0 Å². The van der Waals surface area contributed by atoms with Crippen molar-refractivity contribution in [2.75, 3.05) is 0 Å². The minimum atomic E-state index is 0.408. The van der Waals surface area contributed by atoms with Gasteiger partial charge in [0.15, 0.2) is 5.69 Å². The quantitative estimate of drug-likeness (QED) is 0.421. The minimum absolute atomic E-state index is 0.408. The van der Waals surface area contributed by atoms with Crippen molar-refractivity contribution in [3.05, 3.63) is 77.4 Å². The van der Waals surface area contributed by atoms with Gasteiger partial charge >= 0.3 is 5.82 Å². The summed E-state index contributed by atoms with van der Waals surface area (Å²) in [6, 6.07) is 17.8. The molecule has 0 atom stereocenters. The van der Waals surface area contributed by atoms with Gasteiger partial charge < -0.3 is 5.21 Å². The van der Waals surface area contributed by atoms with Crippen LogP contribution < -0.4 is 4.73 Å². The van der Waals surface area contributed by atoms with Crippen LogP contribution in [0.25, 0.3) is 11.3 Å². The topological polar surface area (TPSA) is 52.7 Å². The van der Waals surface area contributed by atoms with E-state index < -0.39 is 0 Å². The van der Waals surface area contributed by atoms with Gasteiger partial charge in [-0.05, 0) is 24.2 Å². The van der Waals surface area contributed by atoms with Gasteiger partial charge in [0.2, 0.25) is 0 Å². The molecule has 0 spiro atoms. The fraction of sp³-hybridized carbons (Fsp3) is 0.118. The van der Waals surface area contributed by atoms with Crippen LogP contribution in [-0.4, -0.2) is 10.2 Å². The molecule has 0 aliphatic rings. The Labute approximate surface area is 133 Å². The predicted molar refractivity (Wildman–Crippen MR) is 87.2 cm³/mol. The Hall–Kier alpha value is -2.40. The molecule has 2 aromatic carbocycles. The van der Waals surface area contributed by atoms with Crippen LogP contribution in [0.15, 0.2) is 65.7 Å². The summed E-state index contributed by atoms with van der Waals surface area (Å²) in [5.74, 6) is 0.902. The van der Waals surface area contributed by atoms with Gasteiger partial charge in [-0.25, -0.2) is 4.73 Å². The molecule has 5 heteroatoms. The van der Waals surface area contributed by atoms with E-state index in [0.29, 0.717) is 17.3 Å². The number of hydrogen-bond donors (Lipinski definition) is 0. The third-order valence-corrected chi connectivity index (χ3v) is 4.23. The molecule has 110 valence electrons. The predicted octanol–water partition coefficient (Wildman–Crippen LogP) is 3.38. The molecular formula is C17H15N3OS. The van der Waals surface area contributed by atoms with E-state index in [9.17, 15) is 5.21 Å². The van der Waals surface area contributed by atoms with Crippen LogP contribution in [0.1, 0.15) is 11.4 Å². The van der Waals surface area contributed by atoms with Crippen molar-refractivity contribution in [2.24, 2.45) is 0 Å². The Balaban J connectivity index is 1.74. The van der Waals surface area contributed by atoms with Crippen LogP contribution in [0.5, 0.6) is 0 Å². The second kappa shape index (κ2) is 6.58. The summed E-state index contributed by atoms with van der Waals surface area (Å²) >= 11 is 1.57. The van der Waals surface area contributed by atoms with Gasteiger partial charge in [0.05, 0.1) is 5.10 Å². The van der Waals surface area contributed by atoms with Gasteiger partial charge in [0.25, 0.3) is 0 Å². The molecule has 0 saturated heterocycles. The number of hydrogen-bond acceptors (Lipinski definition) is 4. The van der Waals surface area contributed by atoms with E-state index in [1.165, 1.54) is 11.8 Å². The summed E-state index contributed by atoms with van der Waals surface area (Å²) in [5.41, 5.74) is 2.69. The molecule has 0 radical (unpaired) electrons. The van der Waals surface area contributed by atoms with Crippen molar-refractivity contribution in [3.63, 3.8) is 0 Å². The average molecular weight is 309 g/mol. The van der Waals surface area contributed by atoms with E-state index in [1.807, 2.05) is 49.4 Å². The molecule has 1 heterocycles. The standard InChI is InChI=1S/C17H15N3OS/c1-13-7-9-15(10-8-13)22-12-17-19-18-16(11-20(17)21)14-5-3-2-4-6-14/h2-11H,12H2,1H3. The lowest BCUT2D eigenvalue weighted by Crippen LogP contribution is -2.33. The third kappa shape index (κ3) is 3.43. The van der Waals surface area contributed by atoms with Crippen LogP contribution >= 0.6 is 11.8 Å². The zero-order chi connectivity index (χ0) is 15.4. The molecule has 4 nitrogen and oxygen atoms in total. The van der Waals surface area contributed by atoms with E-state index >= 15 is 0 Å². The average Bonchev–Trinajstić information content (AvgIpc) is 2.56. The molecule has 0 aliphatic heterocycles. The largest absolute Gasteiger partial charge is 0.711 e. The van der Waals surface area contributed by atoms with E-state index in [1.54, 1.807) is 11.8 Å². The zero-order valence-corrected chi connectivity index (χ0v) is 13.0. The lowest BCUT2D eigenvalue weighted by Gasteiger charge is -2.06. The maximum absolute atomic E-state index is 12.1. The Bertz CT molecular complexity index is 761. The van der Waals surface area contributed by atoms with E-state index in [-0.39, 0.29) is 0 Å². The highest BCUT2D eigenvalue weighted by Gasteiger charge is 2.12. The normalized spacial score (nSPS) is 10.6. The zero-order valence-electron chi connectivity index (χ0n) is 12.1. The minimum Gasteiger partial charge on any atom is -0.711 e. The second-order valence-electron chi connectivity index (χ2n) is 4.92. The third-order valence-electron chi connectivity index (χ3n) is 3.23. The molecule has 0 bridgehead atoms. The molecule has 22 heavy (non-hydrogen) atoms. The summed E-state index contributed by atoms with van der Waals surface area (Å²) in [5, 5.41) is 20.3. The molecule has 0 fully saturated rings. The first-order valence-electron chi connectivity index (χ1n) is 6.93. The van der Waals surface area contributed by atoms with E-state index in [4.69, 9.17) is 0 Å². The molecule has 0 saturated carbocycles. The Morgan fingerprint density at radius 1 is 1.00 bits per heavy atom. The van der Waals surface area contributed by atoms with Crippen LogP contribution in [0.4, 0.5) is 0 Å². The maximum atomic E-state index is 12.1. The second-order valence-corrected chi connectivity index (χ2v) is 5.97. The Morgan fingerprint density at radius 2 is 1.73 bits per heavy atom. The first-order chi connectivity index (χ1) is 10.7. The molecule has 0 unspecified atom stereocenters. The number of rotatable bonds is 4. The fourth-order valence-electron chi connectivity index (χ4n) is 1.98. The Morgan fingerprint density at radius 3 is 2.41 bits per heavy atom. The fourth-order valence-corrected chi connectivity index (χ4v) is 2.79. The van der Waals surface area contributed by atoms with Crippen molar-refractivity contribution >= 4 is 11.8 Å². The molecule has 3 rings (SSSR count). The number of benzene rings is 2. The highest BCUT2D eigenvalue weighted by molar-refractivity contribution is 7.98. The summed E-state index contributed by atoms with van der Waals surface area (Å²) in [7, 11) is 0. The van der Waals surface area contributed by atoms with Crippen molar-refractivity contribution in [1.29, 1.82) is 0 Å². The van der Waals surface area contributed by atoms with Gasteiger partial charge in [-0.3, -0.25) is 0 Å². The molecule has 0 aliphatic carbocycles. The van der Waals surface area contributed by atoms with Gasteiger partial charge in [0.1, 0.15) is 11.9 Å². The van der Waals surface area contributed by atoms with Crippen LogP contribution in [0.2, 0.25) is 0 Å². The van der Waals surface area contributed by atoms with Gasteiger partial charge in [-0.15, -0.1) is 11.8 Å². The maximum Gasteiger partial charge on any atom is 0.339 e. The van der Waals surface area contributed by atoms with Crippen LogP contribution in [0.3, 0.4) is 0 Å². The van der Waals surface area contributed by atoms with Crippen molar-refractivity contribution in [1.82, 2.24) is 10.2 Å². The Kier molecular flexibility index (Phi) is 4.34. The molecule has 3 aromatic rings. The van der Waals surface area contributed by atoms with Crippen molar-refractivity contribution in [3.8, 4) is 11.3 Å². The number of nitrogens with zero attached hydrogens (tertiary/aromatic N) is 3. The van der Waals surface area contributed by atoms with Gasteiger partial charge in [-0.1, -0.05) is 48.0 Å². The first kappa shape index (κ1) is 14.5. The highest BCUT2D eigenvalue weighted by Crippen LogP contribution is 2.21. The SMILES string of the molecule is Cc1ccc(SCc2nnc(-c3ccccc3)c[n+]2[O-])cc1. The summed E-state index contributed by atoms with van der Waals surface area (Å²) < 4.78 is 0.802. The van der Waals surface area contributed by atoms with E-state index in [0.717, 1.165) is 15.2 Å². The van der Waals surface area contributed by atoms with Crippen LogP contribution in [-0.2, 0) is 5.75 Å². The molecular weight excluding hydrogens is 294 g/mol. The smallest absolute Gasteiger partial charge is 0.339 e. The number of aromatic nitrogens is 3.